The van der Waals surface area contributed by atoms with E-state index in [0.717, 1.165) is 15.7 Å². The summed E-state index contributed by atoms with van der Waals surface area (Å²) in [5.74, 6) is -1.69. The van der Waals surface area contributed by atoms with Crippen LogP contribution in [-0.2, 0) is 46.5 Å². The number of hydrogen-bond acceptors (Lipinski definition) is 11. The standard InChI is InChI=1S/C29H29BrN4O11/c30-20-14-34(27(38)33-26(20)37)23-11-21(45-25(36)13-32-29(40)43-16-19-9-5-2-6-10-19)22(44-23)17-41-24(35)12-31-28(39)42-15-18-7-3-1-4-8-18/h1-10,14,21-23H,11-13,15-17H2,(H,31,39)(H,32,40)(H,33,37,38)/t21-,22+,23+/m0/s1. The van der Waals surface area contributed by atoms with Crippen molar-refractivity contribution in [2.75, 3.05) is 19.7 Å². The number of benzene rings is 2. The summed E-state index contributed by atoms with van der Waals surface area (Å²) in [7, 11) is 0. The number of esters is 2. The van der Waals surface area contributed by atoms with Crippen molar-refractivity contribution < 1.29 is 42.9 Å². The van der Waals surface area contributed by atoms with E-state index >= 15 is 0 Å². The second-order valence-corrected chi connectivity index (χ2v) is 10.4. The van der Waals surface area contributed by atoms with E-state index in [9.17, 15) is 28.8 Å². The van der Waals surface area contributed by atoms with Crippen molar-refractivity contribution in [2.24, 2.45) is 0 Å². The van der Waals surface area contributed by atoms with Crippen LogP contribution in [0.1, 0.15) is 23.8 Å². The quantitative estimate of drug-likeness (QED) is 0.186. The molecule has 0 saturated carbocycles. The molecule has 0 spiro atoms. The number of hydrogen-bond donors (Lipinski definition) is 3. The predicted octanol–water partition coefficient (Wildman–Crippen LogP) is 1.89. The average Bonchev–Trinajstić information content (AvgIpc) is 3.44. The number of nitrogens with zero attached hydrogens (tertiary/aromatic N) is 1. The van der Waals surface area contributed by atoms with Crippen LogP contribution in [0.4, 0.5) is 9.59 Å². The molecule has 1 aliphatic rings. The highest BCUT2D eigenvalue weighted by molar-refractivity contribution is 9.10. The van der Waals surface area contributed by atoms with Crippen molar-refractivity contribution in [3.63, 3.8) is 0 Å². The summed E-state index contributed by atoms with van der Waals surface area (Å²) in [5.41, 5.74) is 0.0847. The molecule has 0 radical (unpaired) electrons. The summed E-state index contributed by atoms with van der Waals surface area (Å²) < 4.78 is 27.8. The minimum absolute atomic E-state index is 0.00358. The SMILES string of the molecule is O=C(CNC(=O)OCc1ccccc1)OC[C@H]1O[C@@H](n2cc(Br)c(=O)[nH]c2=O)C[C@@H]1OC(=O)CNC(=O)OCc1ccccc1. The molecule has 1 aromatic heterocycles. The molecule has 1 saturated heterocycles. The Morgan fingerprint density at radius 1 is 0.844 bits per heavy atom. The molecule has 0 bridgehead atoms. The molecule has 0 aliphatic carbocycles. The van der Waals surface area contributed by atoms with Crippen LogP contribution in [0.15, 0.2) is 80.9 Å². The number of alkyl carbamates (subject to hydrolysis) is 2. The topological polar surface area (TPSA) is 193 Å². The van der Waals surface area contributed by atoms with E-state index in [1.807, 2.05) is 12.1 Å². The smallest absolute Gasteiger partial charge is 0.407 e. The van der Waals surface area contributed by atoms with Gasteiger partial charge in [-0.2, -0.15) is 0 Å². The molecule has 2 amide bonds. The molecule has 238 valence electrons. The van der Waals surface area contributed by atoms with Crippen molar-refractivity contribution in [1.82, 2.24) is 20.2 Å². The first-order valence-corrected chi connectivity index (χ1v) is 14.4. The third-order valence-electron chi connectivity index (χ3n) is 6.29. The van der Waals surface area contributed by atoms with Gasteiger partial charge in [0.1, 0.15) is 51.3 Å². The minimum atomic E-state index is -1.05. The Morgan fingerprint density at radius 2 is 1.40 bits per heavy atom. The maximum absolute atomic E-state index is 12.6. The maximum Gasteiger partial charge on any atom is 0.407 e. The van der Waals surface area contributed by atoms with E-state index in [2.05, 4.69) is 31.5 Å². The van der Waals surface area contributed by atoms with Gasteiger partial charge in [0.2, 0.25) is 0 Å². The summed E-state index contributed by atoms with van der Waals surface area (Å²) in [4.78, 5) is 75.2. The first-order valence-electron chi connectivity index (χ1n) is 13.6. The van der Waals surface area contributed by atoms with E-state index in [1.165, 1.54) is 6.20 Å². The molecule has 3 aromatic rings. The zero-order valence-electron chi connectivity index (χ0n) is 23.6. The Labute approximate surface area is 263 Å². The summed E-state index contributed by atoms with van der Waals surface area (Å²) in [6.07, 6.45) is -3.61. The summed E-state index contributed by atoms with van der Waals surface area (Å²) in [5, 5.41) is 4.57. The molecular formula is C29H29BrN4O11. The molecule has 0 unspecified atom stereocenters. The maximum atomic E-state index is 12.6. The molecular weight excluding hydrogens is 660 g/mol. The fraction of sp³-hybridized carbons (Fsp3) is 0.310. The zero-order chi connectivity index (χ0) is 32.2. The van der Waals surface area contributed by atoms with Crippen molar-refractivity contribution in [3.8, 4) is 0 Å². The van der Waals surface area contributed by atoms with E-state index in [-0.39, 0.29) is 24.1 Å². The van der Waals surface area contributed by atoms with Gasteiger partial charge in [-0.15, -0.1) is 0 Å². The Kier molecular flexibility index (Phi) is 11.9. The third kappa shape index (κ3) is 10.3. The van der Waals surface area contributed by atoms with E-state index in [1.54, 1.807) is 48.5 Å². The second kappa shape index (κ2) is 16.2. The minimum Gasteiger partial charge on any atom is -0.461 e. The van der Waals surface area contributed by atoms with Gasteiger partial charge in [0.05, 0.1) is 4.47 Å². The van der Waals surface area contributed by atoms with Crippen LogP contribution in [0.2, 0.25) is 0 Å². The van der Waals surface area contributed by atoms with E-state index < -0.39 is 73.5 Å². The lowest BCUT2D eigenvalue weighted by Crippen LogP contribution is -2.38. The summed E-state index contributed by atoms with van der Waals surface area (Å²) >= 11 is 3.05. The molecule has 3 atom stereocenters. The van der Waals surface area contributed by atoms with Crippen molar-refractivity contribution in [1.29, 1.82) is 0 Å². The molecule has 2 heterocycles. The fourth-order valence-electron chi connectivity index (χ4n) is 4.09. The molecule has 2 aromatic carbocycles. The van der Waals surface area contributed by atoms with Gasteiger partial charge >= 0.3 is 29.8 Å². The van der Waals surface area contributed by atoms with Gasteiger partial charge < -0.3 is 34.3 Å². The largest absolute Gasteiger partial charge is 0.461 e. The number of halogens is 1. The third-order valence-corrected chi connectivity index (χ3v) is 6.85. The van der Waals surface area contributed by atoms with Crippen LogP contribution in [0, 0.1) is 0 Å². The first-order chi connectivity index (χ1) is 21.7. The van der Waals surface area contributed by atoms with Gasteiger partial charge in [-0.25, -0.2) is 14.4 Å². The van der Waals surface area contributed by atoms with Crippen LogP contribution >= 0.6 is 15.9 Å². The van der Waals surface area contributed by atoms with E-state index in [4.69, 9.17) is 23.7 Å². The average molecular weight is 689 g/mol. The summed E-state index contributed by atoms with van der Waals surface area (Å²) in [6.45, 7) is -1.47. The molecule has 15 nitrogen and oxygen atoms in total. The molecule has 45 heavy (non-hydrogen) atoms. The van der Waals surface area contributed by atoms with Crippen molar-refractivity contribution in [2.45, 2.75) is 38.1 Å². The normalized spacial score (nSPS) is 17.1. The lowest BCUT2D eigenvalue weighted by Gasteiger charge is -2.19. The number of carbonyl (C=O) groups is 4. The van der Waals surface area contributed by atoms with Crippen LogP contribution in [0.25, 0.3) is 0 Å². The second-order valence-electron chi connectivity index (χ2n) is 9.55. The van der Waals surface area contributed by atoms with Crippen LogP contribution in [-0.4, -0.2) is 65.6 Å². The number of aromatic nitrogens is 2. The Bertz CT molecular complexity index is 1600. The van der Waals surface area contributed by atoms with Gasteiger partial charge in [0.15, 0.2) is 0 Å². The molecule has 16 heteroatoms. The van der Waals surface area contributed by atoms with Crippen molar-refractivity contribution in [3.05, 3.63) is 103 Å². The number of ether oxygens (including phenoxy) is 5. The Balaban J connectivity index is 1.29. The number of nitrogens with one attached hydrogen (secondary N) is 3. The van der Waals surface area contributed by atoms with Crippen LogP contribution < -0.4 is 21.9 Å². The monoisotopic (exact) mass is 688 g/mol. The molecule has 4 rings (SSSR count). The summed E-state index contributed by atoms with van der Waals surface area (Å²) in [6, 6.07) is 17.9. The van der Waals surface area contributed by atoms with Gasteiger partial charge in [0.25, 0.3) is 5.56 Å². The van der Waals surface area contributed by atoms with Crippen LogP contribution in [0.3, 0.4) is 0 Å². The highest BCUT2D eigenvalue weighted by atomic mass is 79.9. The number of carbonyl (C=O) groups excluding carboxylic acids is 4. The molecule has 1 aliphatic heterocycles. The van der Waals surface area contributed by atoms with Gasteiger partial charge in [-0.1, -0.05) is 60.7 Å². The fourth-order valence-corrected chi connectivity index (χ4v) is 4.41. The highest BCUT2D eigenvalue weighted by Gasteiger charge is 2.40. The lowest BCUT2D eigenvalue weighted by atomic mass is 10.2. The number of amides is 2. The van der Waals surface area contributed by atoms with Crippen molar-refractivity contribution >= 4 is 40.1 Å². The number of H-pyrrole nitrogens is 1. The molecule has 3 N–H and O–H groups in total. The lowest BCUT2D eigenvalue weighted by molar-refractivity contribution is -0.157. The van der Waals surface area contributed by atoms with Gasteiger partial charge in [0, 0.05) is 12.6 Å². The zero-order valence-corrected chi connectivity index (χ0v) is 25.2. The molecule has 1 fully saturated rings. The highest BCUT2D eigenvalue weighted by Crippen LogP contribution is 2.30. The Morgan fingerprint density at radius 3 is 1.98 bits per heavy atom. The van der Waals surface area contributed by atoms with Crippen LogP contribution in [0.5, 0.6) is 0 Å². The first kappa shape index (κ1) is 32.9. The Hall–Kier alpha value is -4.96. The van der Waals surface area contributed by atoms with E-state index in [0.29, 0.717) is 0 Å². The van der Waals surface area contributed by atoms with Gasteiger partial charge in [-0.3, -0.25) is 23.9 Å². The van der Waals surface area contributed by atoms with Gasteiger partial charge in [-0.05, 0) is 27.1 Å². The predicted molar refractivity (Wildman–Crippen MR) is 158 cm³/mol. The number of aromatic amines is 1. The number of rotatable bonds is 12.